The minimum Gasteiger partial charge on any atom is -0.493 e. The van der Waals surface area contributed by atoms with Crippen LogP contribution in [0.2, 0.25) is 0 Å². The fourth-order valence-electron chi connectivity index (χ4n) is 3.77. The number of aryl methyl sites for hydroxylation is 2. The second kappa shape index (κ2) is 9.50. The van der Waals surface area contributed by atoms with Crippen LogP contribution in [0.3, 0.4) is 0 Å². The van der Waals surface area contributed by atoms with E-state index >= 15 is 0 Å². The molecule has 0 bridgehead atoms. The Kier molecular flexibility index (Phi) is 7.03. The van der Waals surface area contributed by atoms with Crippen molar-refractivity contribution in [2.45, 2.75) is 26.8 Å². The second-order valence-electron chi connectivity index (χ2n) is 7.13. The molecule has 0 unspecified atom stereocenters. The Bertz CT molecular complexity index is 857. The number of carbonyl (C=O) groups excluding carboxylic acids is 1. The van der Waals surface area contributed by atoms with Gasteiger partial charge >= 0.3 is 0 Å². The molecule has 1 amide bonds. The van der Waals surface area contributed by atoms with Gasteiger partial charge in [-0.2, -0.15) is 0 Å². The highest BCUT2D eigenvalue weighted by molar-refractivity contribution is 7.14. The van der Waals surface area contributed by atoms with Crippen molar-refractivity contribution in [3.8, 4) is 17.2 Å². The number of piperazine rings is 1. The number of nitrogens with zero attached hydrogens (tertiary/aromatic N) is 2. The first-order chi connectivity index (χ1) is 14.0. The largest absolute Gasteiger partial charge is 0.493 e. The highest BCUT2D eigenvalue weighted by Gasteiger charge is 2.25. The number of hydrogen-bond acceptors (Lipinski definition) is 6. The maximum absolute atomic E-state index is 12.9. The van der Waals surface area contributed by atoms with Crippen LogP contribution in [-0.2, 0) is 13.0 Å². The van der Waals surface area contributed by atoms with Crippen LogP contribution in [0.1, 0.15) is 32.6 Å². The zero-order valence-corrected chi connectivity index (χ0v) is 18.7. The lowest BCUT2D eigenvalue weighted by molar-refractivity contribution is 0.0632. The Morgan fingerprint density at radius 1 is 1.03 bits per heavy atom. The molecule has 1 fully saturated rings. The summed E-state index contributed by atoms with van der Waals surface area (Å²) in [5, 5.41) is 0. The van der Waals surface area contributed by atoms with Crippen molar-refractivity contribution in [1.29, 1.82) is 0 Å². The van der Waals surface area contributed by atoms with Crippen molar-refractivity contribution in [3.63, 3.8) is 0 Å². The number of hydrogen-bond donors (Lipinski definition) is 0. The summed E-state index contributed by atoms with van der Waals surface area (Å²) in [6, 6.07) is 5.95. The van der Waals surface area contributed by atoms with Gasteiger partial charge in [-0.3, -0.25) is 9.69 Å². The number of rotatable bonds is 7. The Hall–Kier alpha value is -2.25. The fraction of sp³-hybridized carbons (Fsp3) is 0.500. The topological polar surface area (TPSA) is 51.2 Å². The molecular weight excluding hydrogens is 388 g/mol. The molecule has 0 N–H and O–H groups in total. The molecular formula is C22H30N2O4S. The third-order valence-electron chi connectivity index (χ3n) is 5.39. The molecule has 2 aromatic rings. The summed E-state index contributed by atoms with van der Waals surface area (Å²) in [7, 11) is 4.88. The molecule has 1 aliphatic rings. The molecule has 2 heterocycles. The third kappa shape index (κ3) is 4.51. The van der Waals surface area contributed by atoms with Crippen LogP contribution in [0.5, 0.6) is 17.2 Å². The number of carbonyl (C=O) groups is 1. The van der Waals surface area contributed by atoms with Gasteiger partial charge < -0.3 is 19.1 Å². The number of thiophene rings is 1. The van der Waals surface area contributed by atoms with Crippen molar-refractivity contribution in [2.75, 3.05) is 47.5 Å². The predicted octanol–water partition coefficient (Wildman–Crippen LogP) is 3.60. The molecule has 0 spiro atoms. The van der Waals surface area contributed by atoms with Gasteiger partial charge in [0.15, 0.2) is 11.5 Å². The average Bonchev–Trinajstić information content (AvgIpc) is 3.13. The van der Waals surface area contributed by atoms with E-state index < -0.39 is 0 Å². The van der Waals surface area contributed by atoms with Gasteiger partial charge in [0.1, 0.15) is 0 Å². The van der Waals surface area contributed by atoms with Gasteiger partial charge in [-0.1, -0.05) is 13.0 Å². The van der Waals surface area contributed by atoms with Crippen molar-refractivity contribution < 1.29 is 19.0 Å². The monoisotopic (exact) mass is 418 g/mol. The van der Waals surface area contributed by atoms with Crippen LogP contribution in [0.15, 0.2) is 18.2 Å². The minimum atomic E-state index is 0.154. The van der Waals surface area contributed by atoms with E-state index in [0.29, 0.717) is 17.2 Å². The van der Waals surface area contributed by atoms with E-state index in [0.717, 1.165) is 49.6 Å². The van der Waals surface area contributed by atoms with Crippen molar-refractivity contribution in [3.05, 3.63) is 39.1 Å². The van der Waals surface area contributed by atoms with Crippen LogP contribution >= 0.6 is 11.3 Å². The highest BCUT2D eigenvalue weighted by Crippen LogP contribution is 2.40. The lowest BCUT2D eigenvalue weighted by atomic mass is 10.1. The summed E-state index contributed by atoms with van der Waals surface area (Å²) >= 11 is 1.63. The smallest absolute Gasteiger partial charge is 0.264 e. The van der Waals surface area contributed by atoms with Gasteiger partial charge in [-0.25, -0.2) is 0 Å². The SMILES string of the molecule is CCc1sc(C(=O)N2CCN(Cc3ccc(OC)c(OC)c3OC)CC2)cc1C. The van der Waals surface area contributed by atoms with E-state index in [-0.39, 0.29) is 5.91 Å². The highest BCUT2D eigenvalue weighted by atomic mass is 32.1. The minimum absolute atomic E-state index is 0.154. The van der Waals surface area contributed by atoms with Crippen LogP contribution < -0.4 is 14.2 Å². The van der Waals surface area contributed by atoms with E-state index in [1.54, 1.807) is 32.7 Å². The van der Waals surface area contributed by atoms with Crippen LogP contribution in [-0.4, -0.2) is 63.2 Å². The summed E-state index contributed by atoms with van der Waals surface area (Å²) in [6.07, 6.45) is 0.977. The lowest BCUT2D eigenvalue weighted by Crippen LogP contribution is -2.48. The summed E-state index contributed by atoms with van der Waals surface area (Å²) in [6.45, 7) is 8.07. The number of amides is 1. The van der Waals surface area contributed by atoms with Gasteiger partial charge in [0.05, 0.1) is 26.2 Å². The molecule has 0 atom stereocenters. The molecule has 158 valence electrons. The summed E-state index contributed by atoms with van der Waals surface area (Å²) in [5.41, 5.74) is 2.27. The van der Waals surface area contributed by atoms with Crippen molar-refractivity contribution in [1.82, 2.24) is 9.80 Å². The number of ether oxygens (including phenoxy) is 3. The Morgan fingerprint density at radius 2 is 1.72 bits per heavy atom. The fourth-order valence-corrected chi connectivity index (χ4v) is 4.85. The molecule has 1 saturated heterocycles. The maximum Gasteiger partial charge on any atom is 0.264 e. The normalized spacial score (nSPS) is 14.7. The molecule has 0 aliphatic carbocycles. The molecule has 0 radical (unpaired) electrons. The third-order valence-corrected chi connectivity index (χ3v) is 6.76. The van der Waals surface area contributed by atoms with E-state index in [2.05, 4.69) is 18.7 Å². The van der Waals surface area contributed by atoms with Crippen LogP contribution in [0.25, 0.3) is 0 Å². The molecule has 1 aromatic heterocycles. The summed E-state index contributed by atoms with van der Waals surface area (Å²) in [5.74, 6) is 2.12. The van der Waals surface area contributed by atoms with Gasteiger partial charge in [0.2, 0.25) is 5.75 Å². The number of methoxy groups -OCH3 is 3. The molecule has 6 nitrogen and oxygen atoms in total. The van der Waals surface area contributed by atoms with E-state index in [1.165, 1.54) is 10.4 Å². The Labute approximate surface area is 177 Å². The van der Waals surface area contributed by atoms with Gasteiger partial charge in [-0.15, -0.1) is 11.3 Å². The van der Waals surface area contributed by atoms with E-state index in [9.17, 15) is 4.79 Å². The summed E-state index contributed by atoms with van der Waals surface area (Å²) < 4.78 is 16.4. The quantitative estimate of drug-likeness (QED) is 0.688. The first-order valence-corrected chi connectivity index (χ1v) is 10.7. The van der Waals surface area contributed by atoms with Gasteiger partial charge in [0.25, 0.3) is 5.91 Å². The van der Waals surface area contributed by atoms with Gasteiger partial charge in [-0.05, 0) is 31.0 Å². The summed E-state index contributed by atoms with van der Waals surface area (Å²) in [4.78, 5) is 19.3. The zero-order chi connectivity index (χ0) is 21.0. The maximum atomic E-state index is 12.9. The van der Waals surface area contributed by atoms with Crippen LogP contribution in [0.4, 0.5) is 0 Å². The van der Waals surface area contributed by atoms with Gasteiger partial charge in [0, 0.05) is 43.2 Å². The predicted molar refractivity (Wildman–Crippen MR) is 116 cm³/mol. The molecule has 1 aliphatic heterocycles. The molecule has 0 saturated carbocycles. The molecule has 3 rings (SSSR count). The zero-order valence-electron chi connectivity index (χ0n) is 17.9. The molecule has 29 heavy (non-hydrogen) atoms. The second-order valence-corrected chi connectivity index (χ2v) is 8.27. The first kappa shape index (κ1) is 21.5. The first-order valence-electron chi connectivity index (χ1n) is 9.91. The Balaban J connectivity index is 1.65. The van der Waals surface area contributed by atoms with E-state index in [4.69, 9.17) is 14.2 Å². The average molecular weight is 419 g/mol. The van der Waals surface area contributed by atoms with Crippen molar-refractivity contribution in [2.24, 2.45) is 0 Å². The van der Waals surface area contributed by atoms with Crippen molar-refractivity contribution >= 4 is 17.2 Å². The molecule has 1 aromatic carbocycles. The van der Waals surface area contributed by atoms with E-state index in [1.807, 2.05) is 23.1 Å². The Morgan fingerprint density at radius 3 is 2.28 bits per heavy atom. The van der Waals surface area contributed by atoms with Crippen LogP contribution in [0, 0.1) is 6.92 Å². The lowest BCUT2D eigenvalue weighted by Gasteiger charge is -2.34. The number of benzene rings is 1. The standard InChI is InChI=1S/C22H30N2O4S/c1-6-18-15(2)13-19(29-18)22(25)24-11-9-23(10-12-24)14-16-7-8-17(26-3)21(28-5)20(16)27-4/h7-8,13H,6,9-12,14H2,1-5H3. The molecule has 7 heteroatoms.